The van der Waals surface area contributed by atoms with Crippen LogP contribution in [-0.4, -0.2) is 12.6 Å². The smallest absolute Gasteiger partial charge is 0.303 e. The Bertz CT molecular complexity index is 531. The van der Waals surface area contributed by atoms with E-state index in [4.69, 9.17) is 4.74 Å². The minimum Gasteiger partial charge on any atom is -0.455 e. The highest BCUT2D eigenvalue weighted by Gasteiger charge is 2.16. The fraction of sp³-hybridized carbons (Fsp3) is 0.214. The molecule has 17 heavy (non-hydrogen) atoms. The third-order valence-corrected chi connectivity index (χ3v) is 2.62. The Morgan fingerprint density at radius 1 is 1.24 bits per heavy atom. The van der Waals surface area contributed by atoms with Crippen molar-refractivity contribution in [2.24, 2.45) is 0 Å². The lowest BCUT2D eigenvalue weighted by atomic mass is 10.0. The van der Waals surface area contributed by atoms with Gasteiger partial charge in [0.25, 0.3) is 0 Å². The van der Waals surface area contributed by atoms with Crippen molar-refractivity contribution in [1.82, 2.24) is 0 Å². The molecule has 0 aliphatic heterocycles. The van der Waals surface area contributed by atoms with Gasteiger partial charge in [0, 0.05) is 12.5 Å². The van der Waals surface area contributed by atoms with Crippen molar-refractivity contribution in [2.75, 3.05) is 6.67 Å². The van der Waals surface area contributed by atoms with Gasteiger partial charge in [-0.05, 0) is 10.8 Å². The van der Waals surface area contributed by atoms with Gasteiger partial charge in [0.1, 0.15) is 6.67 Å². The van der Waals surface area contributed by atoms with Crippen LogP contribution in [0.25, 0.3) is 10.8 Å². The highest BCUT2D eigenvalue weighted by molar-refractivity contribution is 5.86. The van der Waals surface area contributed by atoms with E-state index in [1.807, 2.05) is 36.4 Å². The molecule has 0 fully saturated rings. The second-order valence-electron chi connectivity index (χ2n) is 3.82. The number of halogens is 1. The van der Waals surface area contributed by atoms with Crippen molar-refractivity contribution < 1.29 is 13.9 Å². The maximum Gasteiger partial charge on any atom is 0.303 e. The number of fused-ring (bicyclic) bond motifs is 1. The largest absolute Gasteiger partial charge is 0.455 e. The van der Waals surface area contributed by atoms with Crippen molar-refractivity contribution >= 4 is 16.7 Å². The summed E-state index contributed by atoms with van der Waals surface area (Å²) in [6, 6.07) is 13.2. The molecular weight excluding hydrogens is 219 g/mol. The number of esters is 1. The quantitative estimate of drug-likeness (QED) is 0.758. The summed E-state index contributed by atoms with van der Waals surface area (Å²) in [5.41, 5.74) is 0.709. The van der Waals surface area contributed by atoms with Crippen LogP contribution >= 0.6 is 0 Å². The molecule has 1 unspecified atom stereocenters. The average molecular weight is 232 g/mol. The van der Waals surface area contributed by atoms with E-state index < -0.39 is 18.7 Å². The van der Waals surface area contributed by atoms with Gasteiger partial charge < -0.3 is 4.74 Å². The first-order valence-corrected chi connectivity index (χ1v) is 5.43. The number of hydrogen-bond acceptors (Lipinski definition) is 2. The zero-order chi connectivity index (χ0) is 12.3. The Labute approximate surface area is 99.0 Å². The Balaban J connectivity index is 2.49. The lowest BCUT2D eigenvalue weighted by molar-refractivity contribution is -0.147. The maximum absolute atomic E-state index is 13.0. The molecule has 2 nitrogen and oxygen atoms in total. The van der Waals surface area contributed by atoms with Crippen molar-refractivity contribution in [3.63, 3.8) is 0 Å². The molecule has 0 bridgehead atoms. The van der Waals surface area contributed by atoms with Crippen molar-refractivity contribution in [2.45, 2.75) is 13.0 Å². The average Bonchev–Trinajstić information content (AvgIpc) is 2.35. The molecule has 0 radical (unpaired) electrons. The molecule has 0 spiro atoms. The van der Waals surface area contributed by atoms with Gasteiger partial charge in [-0.3, -0.25) is 4.79 Å². The molecule has 0 aliphatic carbocycles. The van der Waals surface area contributed by atoms with Gasteiger partial charge >= 0.3 is 5.97 Å². The molecule has 3 heteroatoms. The van der Waals surface area contributed by atoms with Gasteiger partial charge in [0.05, 0.1) is 0 Å². The van der Waals surface area contributed by atoms with Crippen LogP contribution in [0.5, 0.6) is 0 Å². The molecule has 0 aliphatic rings. The van der Waals surface area contributed by atoms with Crippen LogP contribution in [0.2, 0.25) is 0 Å². The van der Waals surface area contributed by atoms with E-state index in [1.54, 1.807) is 6.07 Å². The summed E-state index contributed by atoms with van der Waals surface area (Å²) >= 11 is 0. The second kappa shape index (κ2) is 4.95. The number of alkyl halides is 1. The topological polar surface area (TPSA) is 26.3 Å². The Morgan fingerprint density at radius 2 is 1.94 bits per heavy atom. The first kappa shape index (κ1) is 11.6. The first-order valence-electron chi connectivity index (χ1n) is 5.43. The van der Waals surface area contributed by atoms with Crippen LogP contribution < -0.4 is 0 Å². The van der Waals surface area contributed by atoms with Crippen molar-refractivity contribution in [3.8, 4) is 0 Å². The van der Waals surface area contributed by atoms with Gasteiger partial charge in [-0.15, -0.1) is 0 Å². The van der Waals surface area contributed by atoms with Crippen LogP contribution in [0.15, 0.2) is 42.5 Å². The molecule has 2 aromatic carbocycles. The highest BCUT2D eigenvalue weighted by Crippen LogP contribution is 2.27. The van der Waals surface area contributed by atoms with Crippen LogP contribution in [0.3, 0.4) is 0 Å². The fourth-order valence-corrected chi connectivity index (χ4v) is 1.91. The van der Waals surface area contributed by atoms with E-state index in [2.05, 4.69) is 0 Å². The molecule has 1 atom stereocenters. The molecule has 0 heterocycles. The van der Waals surface area contributed by atoms with E-state index in [0.717, 1.165) is 10.8 Å². The zero-order valence-electron chi connectivity index (χ0n) is 9.52. The van der Waals surface area contributed by atoms with Gasteiger partial charge in [-0.2, -0.15) is 0 Å². The normalized spacial score (nSPS) is 12.4. The number of rotatable bonds is 3. The van der Waals surface area contributed by atoms with E-state index in [9.17, 15) is 9.18 Å². The number of benzene rings is 2. The Morgan fingerprint density at radius 3 is 2.65 bits per heavy atom. The predicted octanol–water partition coefficient (Wildman–Crippen LogP) is 3.41. The molecular formula is C14H13FO2. The summed E-state index contributed by atoms with van der Waals surface area (Å²) < 4.78 is 17.9. The lowest BCUT2D eigenvalue weighted by Crippen LogP contribution is -2.10. The lowest BCUT2D eigenvalue weighted by Gasteiger charge is -2.15. The predicted molar refractivity (Wildman–Crippen MR) is 64.4 cm³/mol. The molecule has 0 saturated heterocycles. The van der Waals surface area contributed by atoms with Crippen LogP contribution in [0.1, 0.15) is 18.6 Å². The number of carbonyl (C=O) groups excluding carboxylic acids is 1. The highest BCUT2D eigenvalue weighted by atomic mass is 19.1. The number of ether oxygens (including phenoxy) is 1. The number of hydrogen-bond donors (Lipinski definition) is 0. The molecule has 88 valence electrons. The van der Waals surface area contributed by atoms with E-state index in [-0.39, 0.29) is 0 Å². The van der Waals surface area contributed by atoms with Gasteiger partial charge in [0.15, 0.2) is 6.10 Å². The standard InChI is InChI=1S/C14H13FO2/c1-10(16)17-14(9-15)13-8-4-6-11-5-2-3-7-12(11)13/h2-8,14H,9H2,1H3. The van der Waals surface area contributed by atoms with E-state index >= 15 is 0 Å². The first-order chi connectivity index (χ1) is 8.22. The molecule has 0 saturated carbocycles. The van der Waals surface area contributed by atoms with Gasteiger partial charge in [-0.1, -0.05) is 42.5 Å². The van der Waals surface area contributed by atoms with Gasteiger partial charge in [0.2, 0.25) is 0 Å². The minimum atomic E-state index is -0.821. The molecule has 0 N–H and O–H groups in total. The third kappa shape index (κ3) is 2.44. The molecule has 2 aromatic rings. The van der Waals surface area contributed by atoms with Crippen molar-refractivity contribution in [1.29, 1.82) is 0 Å². The summed E-state index contributed by atoms with van der Waals surface area (Å²) in [5.74, 6) is -0.472. The summed E-state index contributed by atoms with van der Waals surface area (Å²) in [6.07, 6.45) is -0.821. The summed E-state index contributed by atoms with van der Waals surface area (Å²) in [6.45, 7) is 0.571. The maximum atomic E-state index is 13.0. The Kier molecular flexibility index (Phi) is 3.38. The minimum absolute atomic E-state index is 0.472. The SMILES string of the molecule is CC(=O)OC(CF)c1cccc2ccccc12. The second-order valence-corrected chi connectivity index (χ2v) is 3.82. The molecule has 0 aromatic heterocycles. The summed E-state index contributed by atoms with van der Waals surface area (Å²) in [4.78, 5) is 10.9. The number of carbonyl (C=O) groups is 1. The van der Waals surface area contributed by atoms with Crippen LogP contribution in [-0.2, 0) is 9.53 Å². The summed E-state index contributed by atoms with van der Waals surface area (Å²) in [5, 5.41) is 1.93. The van der Waals surface area contributed by atoms with Crippen LogP contribution in [0.4, 0.5) is 4.39 Å². The van der Waals surface area contributed by atoms with E-state index in [0.29, 0.717) is 5.56 Å². The Hall–Kier alpha value is -1.90. The molecule has 2 rings (SSSR count). The van der Waals surface area contributed by atoms with Gasteiger partial charge in [-0.25, -0.2) is 4.39 Å². The molecule has 0 amide bonds. The third-order valence-electron chi connectivity index (χ3n) is 2.62. The summed E-state index contributed by atoms with van der Waals surface area (Å²) in [7, 11) is 0. The fourth-order valence-electron chi connectivity index (χ4n) is 1.91. The van der Waals surface area contributed by atoms with Crippen molar-refractivity contribution in [3.05, 3.63) is 48.0 Å². The zero-order valence-corrected chi connectivity index (χ0v) is 9.52. The van der Waals surface area contributed by atoms with E-state index in [1.165, 1.54) is 6.92 Å². The van der Waals surface area contributed by atoms with Crippen LogP contribution in [0, 0.1) is 0 Å². The monoisotopic (exact) mass is 232 g/mol.